The molecule has 1 aliphatic rings. The van der Waals surface area contributed by atoms with Crippen molar-refractivity contribution in [1.29, 1.82) is 0 Å². The summed E-state index contributed by atoms with van der Waals surface area (Å²) in [5.41, 5.74) is 2.76. The number of para-hydroxylation sites is 2. The highest BCUT2D eigenvalue weighted by Gasteiger charge is 2.38. The Morgan fingerprint density at radius 2 is 1.71 bits per heavy atom. The molecule has 2 heterocycles. The third kappa shape index (κ3) is 3.22. The lowest BCUT2D eigenvalue weighted by Crippen LogP contribution is -2.47. The minimum Gasteiger partial charge on any atom is -0.305 e. The number of anilines is 2. The van der Waals surface area contributed by atoms with Gasteiger partial charge in [-0.2, -0.15) is 0 Å². The predicted molar refractivity (Wildman–Crippen MR) is 114 cm³/mol. The van der Waals surface area contributed by atoms with Gasteiger partial charge < -0.3 is 9.80 Å². The molecule has 2 amide bonds. The lowest BCUT2D eigenvalue weighted by Gasteiger charge is -2.43. The first kappa shape index (κ1) is 18.4. The molecule has 0 spiro atoms. The third-order valence-electron chi connectivity index (χ3n) is 5.20. The average molecular weight is 391 g/mol. The van der Waals surface area contributed by atoms with Crippen molar-refractivity contribution in [3.63, 3.8) is 0 Å². The second-order valence-corrected chi connectivity index (χ2v) is 7.98. The molecule has 1 aliphatic heterocycles. The van der Waals surface area contributed by atoms with Gasteiger partial charge in [0.2, 0.25) is 5.91 Å². The number of thiophene rings is 1. The van der Waals surface area contributed by atoms with Crippen molar-refractivity contribution in [3.8, 4) is 0 Å². The Hall–Kier alpha value is -2.92. The molecule has 0 unspecified atom stereocenters. The fourth-order valence-corrected chi connectivity index (χ4v) is 4.68. The fourth-order valence-electron chi connectivity index (χ4n) is 4.02. The van der Waals surface area contributed by atoms with Crippen molar-refractivity contribution >= 4 is 34.5 Å². The van der Waals surface area contributed by atoms with E-state index in [4.69, 9.17) is 0 Å². The number of carbonyl (C=O) groups is 2. The molecule has 0 aliphatic carbocycles. The van der Waals surface area contributed by atoms with E-state index >= 15 is 0 Å². The van der Waals surface area contributed by atoms with Crippen LogP contribution in [-0.2, 0) is 4.79 Å². The van der Waals surface area contributed by atoms with Crippen LogP contribution in [0.1, 0.15) is 41.5 Å². The van der Waals surface area contributed by atoms with Crippen molar-refractivity contribution in [2.45, 2.75) is 32.4 Å². The molecule has 3 aromatic rings. The highest BCUT2D eigenvalue weighted by atomic mass is 32.1. The zero-order valence-corrected chi connectivity index (χ0v) is 16.7. The van der Waals surface area contributed by atoms with Crippen LogP contribution in [0.15, 0.2) is 72.1 Å². The van der Waals surface area contributed by atoms with Gasteiger partial charge in [-0.3, -0.25) is 9.59 Å². The molecular formula is C23H22N2O2S. The largest absolute Gasteiger partial charge is 0.305 e. The van der Waals surface area contributed by atoms with Crippen LogP contribution in [0.25, 0.3) is 0 Å². The lowest BCUT2D eigenvalue weighted by atomic mass is 9.89. The number of carbonyl (C=O) groups excluding carboxylic acids is 2. The standard InChI is InChI=1S/C23H22N2O2S/c1-16-15-21(25(17(2)26)18-9-4-3-5-10-18)19-11-6-7-12-20(19)24(16)23(27)22-13-8-14-28-22/h3-14,16,21H,15H2,1-2H3/t16-,21-/m0/s1. The Balaban J connectivity index is 1.79. The zero-order chi connectivity index (χ0) is 19.7. The Bertz CT molecular complexity index is 985. The van der Waals surface area contributed by atoms with E-state index in [1.807, 2.05) is 81.9 Å². The first-order valence-electron chi connectivity index (χ1n) is 9.38. The molecule has 0 N–H and O–H groups in total. The van der Waals surface area contributed by atoms with Crippen LogP contribution < -0.4 is 9.80 Å². The molecule has 0 saturated carbocycles. The molecule has 5 heteroatoms. The highest BCUT2D eigenvalue weighted by molar-refractivity contribution is 7.12. The van der Waals surface area contributed by atoms with E-state index in [0.717, 1.165) is 21.8 Å². The number of rotatable bonds is 3. The number of hydrogen-bond donors (Lipinski definition) is 0. The van der Waals surface area contributed by atoms with Gasteiger partial charge in [-0.25, -0.2) is 0 Å². The number of nitrogens with zero attached hydrogens (tertiary/aromatic N) is 2. The van der Waals surface area contributed by atoms with Crippen molar-refractivity contribution < 1.29 is 9.59 Å². The van der Waals surface area contributed by atoms with E-state index in [2.05, 4.69) is 6.92 Å². The van der Waals surface area contributed by atoms with Gasteiger partial charge in [0.15, 0.2) is 0 Å². The second-order valence-electron chi connectivity index (χ2n) is 7.04. The van der Waals surface area contributed by atoms with Crippen molar-refractivity contribution in [1.82, 2.24) is 0 Å². The summed E-state index contributed by atoms with van der Waals surface area (Å²) in [6, 6.07) is 21.3. The average Bonchev–Trinajstić information content (AvgIpc) is 3.23. The Labute approximate surface area is 169 Å². The summed E-state index contributed by atoms with van der Waals surface area (Å²) in [5, 5.41) is 1.92. The first-order valence-corrected chi connectivity index (χ1v) is 10.3. The zero-order valence-electron chi connectivity index (χ0n) is 15.9. The van der Waals surface area contributed by atoms with E-state index in [1.54, 1.807) is 6.92 Å². The van der Waals surface area contributed by atoms with Crippen LogP contribution in [0.2, 0.25) is 0 Å². The third-order valence-corrected chi connectivity index (χ3v) is 6.05. The van der Waals surface area contributed by atoms with Crippen LogP contribution >= 0.6 is 11.3 Å². The van der Waals surface area contributed by atoms with Gasteiger partial charge in [0.25, 0.3) is 5.91 Å². The van der Waals surface area contributed by atoms with E-state index in [0.29, 0.717) is 6.42 Å². The smallest absolute Gasteiger partial charge is 0.268 e. The quantitative estimate of drug-likeness (QED) is 0.610. The molecule has 0 radical (unpaired) electrons. The summed E-state index contributed by atoms with van der Waals surface area (Å²) < 4.78 is 0. The molecule has 2 atom stereocenters. The molecule has 0 saturated heterocycles. The van der Waals surface area contributed by atoms with Gasteiger partial charge in [0, 0.05) is 24.3 Å². The van der Waals surface area contributed by atoms with Crippen LogP contribution in [-0.4, -0.2) is 17.9 Å². The normalized spacial score (nSPS) is 18.4. The summed E-state index contributed by atoms with van der Waals surface area (Å²) in [5.74, 6) is 0.0127. The molecule has 142 valence electrons. The summed E-state index contributed by atoms with van der Waals surface area (Å²) in [6.45, 7) is 3.65. The van der Waals surface area contributed by atoms with E-state index in [-0.39, 0.29) is 23.9 Å². The fraction of sp³-hybridized carbons (Fsp3) is 0.217. The number of fused-ring (bicyclic) bond motifs is 1. The number of amides is 2. The van der Waals surface area contributed by atoms with Gasteiger partial charge in [0.05, 0.1) is 10.9 Å². The van der Waals surface area contributed by atoms with Gasteiger partial charge >= 0.3 is 0 Å². The van der Waals surface area contributed by atoms with Gasteiger partial charge in [0.1, 0.15) is 0 Å². The Morgan fingerprint density at radius 3 is 2.39 bits per heavy atom. The molecule has 4 nitrogen and oxygen atoms in total. The molecule has 1 aromatic heterocycles. The van der Waals surface area contributed by atoms with E-state index in [9.17, 15) is 9.59 Å². The van der Waals surface area contributed by atoms with Gasteiger partial charge in [-0.05, 0) is 48.6 Å². The van der Waals surface area contributed by atoms with Crippen molar-refractivity contribution in [2.24, 2.45) is 0 Å². The molecule has 2 aromatic carbocycles. The maximum absolute atomic E-state index is 13.2. The summed E-state index contributed by atoms with van der Waals surface area (Å²) in [7, 11) is 0. The monoisotopic (exact) mass is 390 g/mol. The van der Waals surface area contributed by atoms with Gasteiger partial charge in [-0.15, -0.1) is 11.3 Å². The number of benzene rings is 2. The minimum absolute atomic E-state index is 0.00348. The summed E-state index contributed by atoms with van der Waals surface area (Å²) in [6.07, 6.45) is 0.683. The highest BCUT2D eigenvalue weighted by Crippen LogP contribution is 2.42. The maximum atomic E-state index is 13.2. The van der Waals surface area contributed by atoms with Crippen LogP contribution in [0.3, 0.4) is 0 Å². The predicted octanol–water partition coefficient (Wildman–Crippen LogP) is 5.28. The molecule has 0 bridgehead atoms. The van der Waals surface area contributed by atoms with Crippen LogP contribution in [0.4, 0.5) is 11.4 Å². The van der Waals surface area contributed by atoms with Crippen molar-refractivity contribution in [2.75, 3.05) is 9.80 Å². The van der Waals surface area contributed by atoms with Gasteiger partial charge in [-0.1, -0.05) is 42.5 Å². The number of hydrogen-bond acceptors (Lipinski definition) is 3. The second kappa shape index (κ2) is 7.60. The van der Waals surface area contributed by atoms with Crippen LogP contribution in [0, 0.1) is 0 Å². The minimum atomic E-state index is -0.113. The van der Waals surface area contributed by atoms with Crippen molar-refractivity contribution in [3.05, 3.63) is 82.6 Å². The topological polar surface area (TPSA) is 40.6 Å². The Morgan fingerprint density at radius 1 is 1.00 bits per heavy atom. The lowest BCUT2D eigenvalue weighted by molar-refractivity contribution is -0.117. The molecule has 4 rings (SSSR count). The first-order chi connectivity index (χ1) is 13.6. The van der Waals surface area contributed by atoms with Crippen LogP contribution in [0.5, 0.6) is 0 Å². The summed E-state index contributed by atoms with van der Waals surface area (Å²) >= 11 is 1.45. The van der Waals surface area contributed by atoms with E-state index in [1.165, 1.54) is 11.3 Å². The SMILES string of the molecule is CC(=O)N(c1ccccc1)[C@H]1C[C@H](C)N(C(=O)c2cccs2)c2ccccc21. The molecule has 0 fully saturated rings. The summed E-state index contributed by atoms with van der Waals surface area (Å²) in [4.78, 5) is 30.2. The molecule has 28 heavy (non-hydrogen) atoms. The molecular weight excluding hydrogens is 368 g/mol. The van der Waals surface area contributed by atoms with E-state index < -0.39 is 0 Å². The maximum Gasteiger partial charge on any atom is 0.268 e. The Kier molecular flexibility index (Phi) is 5.01.